The van der Waals surface area contributed by atoms with Gasteiger partial charge in [-0.2, -0.15) is 0 Å². The smallest absolute Gasteiger partial charge is 0.125 e. The first-order valence-corrected chi connectivity index (χ1v) is 8.07. The zero-order valence-electron chi connectivity index (χ0n) is 11.3. The molecule has 3 rings (SSSR count). The highest BCUT2D eigenvalue weighted by Crippen LogP contribution is 2.39. The molecule has 1 aliphatic carbocycles. The third-order valence-electron chi connectivity index (χ3n) is 3.88. The highest BCUT2D eigenvalue weighted by atomic mass is 79.9. The Hall–Kier alpha value is -0.990. The van der Waals surface area contributed by atoms with Crippen molar-refractivity contribution >= 4 is 27.5 Å². The molecule has 0 spiro atoms. The fourth-order valence-corrected chi connectivity index (χ4v) is 3.65. The van der Waals surface area contributed by atoms with Crippen LogP contribution in [0.2, 0.25) is 5.02 Å². The van der Waals surface area contributed by atoms with Gasteiger partial charge < -0.3 is 4.74 Å². The first-order valence-electron chi connectivity index (χ1n) is 6.78. The van der Waals surface area contributed by atoms with Crippen molar-refractivity contribution in [3.63, 3.8) is 0 Å². The molecule has 0 radical (unpaired) electrons. The fraction of sp³-hybridized carbons (Fsp3) is 0.294. The molecule has 0 saturated carbocycles. The van der Waals surface area contributed by atoms with Crippen molar-refractivity contribution in [3.8, 4) is 5.75 Å². The van der Waals surface area contributed by atoms with Gasteiger partial charge in [-0.3, -0.25) is 0 Å². The van der Waals surface area contributed by atoms with Gasteiger partial charge in [0.2, 0.25) is 0 Å². The number of methoxy groups -OCH3 is 1. The number of rotatable bonds is 3. The van der Waals surface area contributed by atoms with E-state index < -0.39 is 0 Å². The largest absolute Gasteiger partial charge is 0.496 e. The van der Waals surface area contributed by atoms with Gasteiger partial charge in [-0.15, -0.1) is 0 Å². The normalized spacial score (nSPS) is 14.9. The minimum atomic E-state index is 0.126. The summed E-state index contributed by atoms with van der Waals surface area (Å²) >= 11 is 9.82. The lowest BCUT2D eigenvalue weighted by Crippen LogP contribution is -1.98. The number of alkyl halides is 1. The molecule has 0 N–H and O–H groups in total. The Morgan fingerprint density at radius 1 is 1.10 bits per heavy atom. The van der Waals surface area contributed by atoms with Gasteiger partial charge in [-0.1, -0.05) is 51.8 Å². The van der Waals surface area contributed by atoms with E-state index in [9.17, 15) is 0 Å². The summed E-state index contributed by atoms with van der Waals surface area (Å²) in [4.78, 5) is 0.126. The SMILES string of the molecule is COc1cc(Cl)ccc1C(Br)c1ccc2c(c1)CCC2. The summed E-state index contributed by atoms with van der Waals surface area (Å²) in [5.41, 5.74) is 5.36. The first kappa shape index (κ1) is 14.0. The molecule has 1 unspecified atom stereocenters. The Balaban J connectivity index is 1.98. The molecule has 1 aliphatic rings. The van der Waals surface area contributed by atoms with Gasteiger partial charge in [0.25, 0.3) is 0 Å². The van der Waals surface area contributed by atoms with Gasteiger partial charge >= 0.3 is 0 Å². The van der Waals surface area contributed by atoms with Gasteiger partial charge in [-0.05, 0) is 48.1 Å². The van der Waals surface area contributed by atoms with Crippen LogP contribution in [0.1, 0.15) is 33.5 Å². The average molecular weight is 352 g/mol. The summed E-state index contributed by atoms with van der Waals surface area (Å²) in [7, 11) is 1.68. The molecule has 0 bridgehead atoms. The Labute approximate surface area is 133 Å². The van der Waals surface area contributed by atoms with Crippen LogP contribution in [0.4, 0.5) is 0 Å². The van der Waals surface area contributed by atoms with E-state index in [1.165, 1.54) is 36.0 Å². The van der Waals surface area contributed by atoms with Gasteiger partial charge in [-0.25, -0.2) is 0 Å². The summed E-state index contributed by atoms with van der Waals surface area (Å²) < 4.78 is 5.45. The molecule has 0 fully saturated rings. The highest BCUT2D eigenvalue weighted by Gasteiger charge is 2.18. The summed E-state index contributed by atoms with van der Waals surface area (Å²) in [6, 6.07) is 12.6. The lowest BCUT2D eigenvalue weighted by molar-refractivity contribution is 0.410. The molecule has 0 amide bonds. The van der Waals surface area contributed by atoms with Gasteiger partial charge in [0.15, 0.2) is 0 Å². The predicted molar refractivity (Wildman–Crippen MR) is 87.2 cm³/mol. The lowest BCUT2D eigenvalue weighted by Gasteiger charge is -2.16. The average Bonchev–Trinajstić information content (AvgIpc) is 2.93. The van der Waals surface area contributed by atoms with Gasteiger partial charge in [0, 0.05) is 10.6 Å². The van der Waals surface area contributed by atoms with Crippen LogP contribution in [0.3, 0.4) is 0 Å². The number of benzene rings is 2. The number of ether oxygens (including phenoxy) is 1. The molecule has 0 aliphatic heterocycles. The van der Waals surface area contributed by atoms with Crippen molar-refractivity contribution in [2.75, 3.05) is 7.11 Å². The van der Waals surface area contributed by atoms with E-state index in [1.54, 1.807) is 7.11 Å². The molecule has 3 heteroatoms. The van der Waals surface area contributed by atoms with Crippen molar-refractivity contribution in [1.29, 1.82) is 0 Å². The van der Waals surface area contributed by atoms with Crippen LogP contribution in [0.25, 0.3) is 0 Å². The van der Waals surface area contributed by atoms with Crippen molar-refractivity contribution in [1.82, 2.24) is 0 Å². The third-order valence-corrected chi connectivity index (χ3v) is 5.14. The molecule has 0 aromatic heterocycles. The van der Waals surface area contributed by atoms with Crippen LogP contribution >= 0.6 is 27.5 Å². The lowest BCUT2D eigenvalue weighted by atomic mass is 10.00. The van der Waals surface area contributed by atoms with E-state index in [0.717, 1.165) is 11.3 Å². The molecule has 1 nitrogen and oxygen atoms in total. The molecular formula is C17H16BrClO. The number of hydrogen-bond acceptors (Lipinski definition) is 1. The molecular weight excluding hydrogens is 336 g/mol. The van der Waals surface area contributed by atoms with Crippen LogP contribution in [-0.2, 0) is 12.8 Å². The second-order valence-electron chi connectivity index (χ2n) is 5.13. The second kappa shape index (κ2) is 5.79. The number of hydrogen-bond donors (Lipinski definition) is 0. The minimum absolute atomic E-state index is 0.126. The van der Waals surface area contributed by atoms with Crippen molar-refractivity contribution in [2.24, 2.45) is 0 Å². The maximum Gasteiger partial charge on any atom is 0.125 e. The Morgan fingerprint density at radius 3 is 2.70 bits per heavy atom. The number of halogens is 2. The zero-order valence-corrected chi connectivity index (χ0v) is 13.7. The molecule has 20 heavy (non-hydrogen) atoms. The maximum absolute atomic E-state index is 6.03. The monoisotopic (exact) mass is 350 g/mol. The summed E-state index contributed by atoms with van der Waals surface area (Å²) in [6.45, 7) is 0. The van der Waals surface area contributed by atoms with E-state index in [-0.39, 0.29) is 4.83 Å². The highest BCUT2D eigenvalue weighted by molar-refractivity contribution is 9.09. The molecule has 0 saturated heterocycles. The quantitative estimate of drug-likeness (QED) is 0.680. The molecule has 0 heterocycles. The standard InChI is InChI=1S/C17H16BrClO/c1-20-16-10-14(19)7-8-15(16)17(18)13-6-5-11-3-2-4-12(11)9-13/h5-10,17H,2-4H2,1H3. The first-order chi connectivity index (χ1) is 9.69. The zero-order chi connectivity index (χ0) is 14.1. The van der Waals surface area contributed by atoms with Crippen LogP contribution in [0.15, 0.2) is 36.4 Å². The third kappa shape index (κ3) is 2.59. The number of aryl methyl sites for hydroxylation is 2. The second-order valence-corrected chi connectivity index (χ2v) is 6.48. The van der Waals surface area contributed by atoms with E-state index >= 15 is 0 Å². The molecule has 2 aromatic carbocycles. The molecule has 2 aromatic rings. The molecule has 1 atom stereocenters. The van der Waals surface area contributed by atoms with Gasteiger partial charge in [0.1, 0.15) is 5.75 Å². The van der Waals surface area contributed by atoms with Crippen LogP contribution < -0.4 is 4.74 Å². The summed E-state index contributed by atoms with van der Waals surface area (Å²) in [5.74, 6) is 0.819. The number of fused-ring (bicyclic) bond motifs is 1. The van der Waals surface area contributed by atoms with Crippen LogP contribution in [0, 0.1) is 0 Å². The van der Waals surface area contributed by atoms with Gasteiger partial charge in [0.05, 0.1) is 11.9 Å². The van der Waals surface area contributed by atoms with E-state index in [2.05, 4.69) is 34.1 Å². The topological polar surface area (TPSA) is 9.23 Å². The molecule has 104 valence electrons. The minimum Gasteiger partial charge on any atom is -0.496 e. The maximum atomic E-state index is 6.03. The van der Waals surface area contributed by atoms with E-state index in [0.29, 0.717) is 5.02 Å². The van der Waals surface area contributed by atoms with Crippen molar-refractivity contribution in [3.05, 3.63) is 63.7 Å². The Bertz CT molecular complexity index is 639. The predicted octanol–water partition coefficient (Wildman–Crippen LogP) is 5.32. The summed E-state index contributed by atoms with van der Waals surface area (Å²) in [5, 5.41) is 0.694. The Morgan fingerprint density at radius 2 is 1.90 bits per heavy atom. The van der Waals surface area contributed by atoms with Crippen LogP contribution in [0.5, 0.6) is 5.75 Å². The van der Waals surface area contributed by atoms with Crippen molar-refractivity contribution in [2.45, 2.75) is 24.1 Å². The summed E-state index contributed by atoms with van der Waals surface area (Å²) in [6.07, 6.45) is 3.68. The Kier molecular flexibility index (Phi) is 4.04. The van der Waals surface area contributed by atoms with Crippen molar-refractivity contribution < 1.29 is 4.74 Å². The fourth-order valence-electron chi connectivity index (χ4n) is 2.82. The van der Waals surface area contributed by atoms with E-state index in [4.69, 9.17) is 16.3 Å². The van der Waals surface area contributed by atoms with Crippen LogP contribution in [-0.4, -0.2) is 7.11 Å². The van der Waals surface area contributed by atoms with E-state index in [1.807, 2.05) is 18.2 Å².